The quantitative estimate of drug-likeness (QED) is 0.928. The van der Waals surface area contributed by atoms with Crippen molar-refractivity contribution in [3.63, 3.8) is 0 Å². The monoisotopic (exact) mass is 313 g/mol. The first-order chi connectivity index (χ1) is 8.70. The van der Waals surface area contributed by atoms with Gasteiger partial charge in [-0.05, 0) is 49.0 Å². The minimum absolute atomic E-state index is 0.286. The Hall–Kier alpha value is -0.680. The van der Waals surface area contributed by atoms with Crippen LogP contribution in [0.4, 0.5) is 5.82 Å². The highest BCUT2D eigenvalue weighted by Crippen LogP contribution is 2.24. The van der Waals surface area contributed by atoms with E-state index in [0.717, 1.165) is 47.8 Å². The molecule has 1 aliphatic rings. The van der Waals surface area contributed by atoms with Crippen molar-refractivity contribution in [2.75, 3.05) is 18.5 Å². The van der Waals surface area contributed by atoms with Crippen LogP contribution in [0, 0.1) is 6.92 Å². The molecule has 0 aliphatic carbocycles. The summed E-state index contributed by atoms with van der Waals surface area (Å²) < 4.78 is 6.70. The van der Waals surface area contributed by atoms with E-state index in [1.165, 1.54) is 12.8 Å². The zero-order chi connectivity index (χ0) is 13.0. The van der Waals surface area contributed by atoms with Crippen LogP contribution >= 0.6 is 15.9 Å². The lowest BCUT2D eigenvalue weighted by atomic mass is 10.1. The summed E-state index contributed by atoms with van der Waals surface area (Å²) in [5.41, 5.74) is 0.978. The van der Waals surface area contributed by atoms with Gasteiger partial charge in [0.15, 0.2) is 0 Å². The lowest BCUT2D eigenvalue weighted by Crippen LogP contribution is -2.23. The number of hydrogen-bond acceptors (Lipinski definition) is 4. The summed E-state index contributed by atoms with van der Waals surface area (Å²) in [7, 11) is 0. The largest absolute Gasteiger partial charge is 0.378 e. The summed E-state index contributed by atoms with van der Waals surface area (Å²) in [6.45, 7) is 5.79. The first-order valence-corrected chi connectivity index (χ1v) is 7.38. The highest BCUT2D eigenvalue weighted by molar-refractivity contribution is 9.10. The van der Waals surface area contributed by atoms with E-state index in [4.69, 9.17) is 4.74 Å². The van der Waals surface area contributed by atoms with Gasteiger partial charge >= 0.3 is 0 Å². The summed E-state index contributed by atoms with van der Waals surface area (Å²) in [4.78, 5) is 9.10. The predicted octanol–water partition coefficient (Wildman–Crippen LogP) is 3.09. The average Bonchev–Trinajstić information content (AvgIpc) is 2.37. The number of rotatable bonds is 4. The number of nitrogens with one attached hydrogen (secondary N) is 1. The molecule has 1 aliphatic heterocycles. The summed E-state index contributed by atoms with van der Waals surface area (Å²) in [5, 5.41) is 3.26. The molecule has 0 amide bonds. The van der Waals surface area contributed by atoms with Gasteiger partial charge in [0.1, 0.15) is 11.6 Å². The number of nitrogens with zero attached hydrogens (tertiary/aromatic N) is 2. The van der Waals surface area contributed by atoms with Crippen LogP contribution in [0.1, 0.15) is 37.7 Å². The molecule has 2 rings (SSSR count). The zero-order valence-electron chi connectivity index (χ0n) is 11.0. The summed E-state index contributed by atoms with van der Waals surface area (Å²) in [6, 6.07) is 0. The fraction of sp³-hybridized carbons (Fsp3) is 0.692. The van der Waals surface area contributed by atoms with Crippen LogP contribution in [0.15, 0.2) is 4.47 Å². The molecule has 0 aromatic carbocycles. The van der Waals surface area contributed by atoms with Gasteiger partial charge in [0, 0.05) is 19.6 Å². The van der Waals surface area contributed by atoms with E-state index in [0.29, 0.717) is 0 Å². The normalized spacial score (nSPS) is 19.8. The van der Waals surface area contributed by atoms with Crippen LogP contribution in [-0.2, 0) is 11.2 Å². The highest BCUT2D eigenvalue weighted by atomic mass is 79.9. The van der Waals surface area contributed by atoms with Crippen molar-refractivity contribution < 1.29 is 4.74 Å². The Kier molecular flexibility index (Phi) is 4.95. The van der Waals surface area contributed by atoms with E-state index >= 15 is 0 Å². The third-order valence-corrected chi connectivity index (χ3v) is 4.04. The molecule has 1 atom stereocenters. The predicted molar refractivity (Wildman–Crippen MR) is 75.9 cm³/mol. The molecule has 0 spiro atoms. The Morgan fingerprint density at radius 1 is 1.39 bits per heavy atom. The highest BCUT2D eigenvalue weighted by Gasteiger charge is 2.17. The van der Waals surface area contributed by atoms with Crippen LogP contribution in [0.3, 0.4) is 0 Å². The first-order valence-electron chi connectivity index (χ1n) is 6.59. The molecule has 4 nitrogen and oxygen atoms in total. The van der Waals surface area contributed by atoms with Crippen molar-refractivity contribution in [2.24, 2.45) is 0 Å². The number of anilines is 1. The van der Waals surface area contributed by atoms with Gasteiger partial charge in [-0.2, -0.15) is 0 Å². The molecule has 18 heavy (non-hydrogen) atoms. The lowest BCUT2D eigenvalue weighted by molar-refractivity contribution is 0.0156. The second-order valence-corrected chi connectivity index (χ2v) is 5.40. The first kappa shape index (κ1) is 13.7. The van der Waals surface area contributed by atoms with Crippen molar-refractivity contribution >= 4 is 21.7 Å². The standard InChI is InChI=1S/C13H20BrN3O/c1-3-15-13-12(14)9(2)16-11(17-13)8-10-6-4-5-7-18-10/h10H,3-8H2,1-2H3,(H,15,16,17). The summed E-state index contributed by atoms with van der Waals surface area (Å²) in [5.74, 6) is 1.76. The van der Waals surface area contributed by atoms with E-state index in [1.807, 2.05) is 6.92 Å². The Morgan fingerprint density at radius 2 is 2.22 bits per heavy atom. The van der Waals surface area contributed by atoms with Crippen molar-refractivity contribution in [2.45, 2.75) is 45.6 Å². The SMILES string of the molecule is CCNc1nc(CC2CCCCO2)nc(C)c1Br. The van der Waals surface area contributed by atoms with Gasteiger partial charge in [-0.15, -0.1) is 0 Å². The molecule has 1 N–H and O–H groups in total. The molecular formula is C13H20BrN3O. The van der Waals surface area contributed by atoms with Gasteiger partial charge in [-0.25, -0.2) is 9.97 Å². The van der Waals surface area contributed by atoms with E-state index in [1.54, 1.807) is 0 Å². The fourth-order valence-corrected chi connectivity index (χ4v) is 2.48. The van der Waals surface area contributed by atoms with Crippen LogP contribution in [0.25, 0.3) is 0 Å². The van der Waals surface area contributed by atoms with Gasteiger partial charge in [0.05, 0.1) is 16.3 Å². The maximum absolute atomic E-state index is 5.74. The van der Waals surface area contributed by atoms with Gasteiger partial charge < -0.3 is 10.1 Å². The number of ether oxygens (including phenoxy) is 1. The zero-order valence-corrected chi connectivity index (χ0v) is 12.6. The van der Waals surface area contributed by atoms with Crippen LogP contribution in [0.2, 0.25) is 0 Å². The molecular weight excluding hydrogens is 294 g/mol. The summed E-state index contributed by atoms with van der Waals surface area (Å²) in [6.07, 6.45) is 4.65. The van der Waals surface area contributed by atoms with E-state index < -0.39 is 0 Å². The smallest absolute Gasteiger partial charge is 0.144 e. The van der Waals surface area contributed by atoms with Gasteiger partial charge in [0.2, 0.25) is 0 Å². The molecule has 0 saturated carbocycles. The van der Waals surface area contributed by atoms with Crippen LogP contribution in [0.5, 0.6) is 0 Å². The Labute approximate surface area is 117 Å². The fourth-order valence-electron chi connectivity index (χ4n) is 2.17. The van der Waals surface area contributed by atoms with Crippen LogP contribution < -0.4 is 5.32 Å². The second-order valence-electron chi connectivity index (χ2n) is 4.61. The molecule has 1 saturated heterocycles. The average molecular weight is 314 g/mol. The van der Waals surface area contributed by atoms with Crippen molar-refractivity contribution in [3.05, 3.63) is 16.0 Å². The van der Waals surface area contributed by atoms with E-state index in [2.05, 4.69) is 38.1 Å². The van der Waals surface area contributed by atoms with Gasteiger partial charge in [-0.3, -0.25) is 0 Å². The number of aryl methyl sites for hydroxylation is 1. The Bertz CT molecular complexity index is 405. The molecule has 2 heterocycles. The Morgan fingerprint density at radius 3 is 2.89 bits per heavy atom. The van der Waals surface area contributed by atoms with E-state index in [9.17, 15) is 0 Å². The maximum atomic E-state index is 5.74. The van der Waals surface area contributed by atoms with Crippen molar-refractivity contribution in [1.82, 2.24) is 9.97 Å². The minimum atomic E-state index is 0.286. The molecule has 1 aromatic heterocycles. The van der Waals surface area contributed by atoms with Crippen molar-refractivity contribution in [1.29, 1.82) is 0 Å². The molecule has 5 heteroatoms. The Balaban J connectivity index is 2.11. The second kappa shape index (κ2) is 6.48. The number of halogens is 1. The van der Waals surface area contributed by atoms with E-state index in [-0.39, 0.29) is 6.10 Å². The van der Waals surface area contributed by atoms with Crippen LogP contribution in [-0.4, -0.2) is 29.2 Å². The van der Waals surface area contributed by atoms with Gasteiger partial charge in [-0.1, -0.05) is 0 Å². The maximum Gasteiger partial charge on any atom is 0.144 e. The molecule has 100 valence electrons. The number of aromatic nitrogens is 2. The third-order valence-electron chi connectivity index (χ3n) is 3.09. The number of hydrogen-bond donors (Lipinski definition) is 1. The molecule has 0 radical (unpaired) electrons. The lowest BCUT2D eigenvalue weighted by Gasteiger charge is -2.22. The topological polar surface area (TPSA) is 47.0 Å². The van der Waals surface area contributed by atoms with Gasteiger partial charge in [0.25, 0.3) is 0 Å². The molecule has 1 aromatic rings. The summed E-state index contributed by atoms with van der Waals surface area (Å²) >= 11 is 3.52. The molecule has 0 bridgehead atoms. The third kappa shape index (κ3) is 3.42. The minimum Gasteiger partial charge on any atom is -0.378 e. The van der Waals surface area contributed by atoms with Crippen molar-refractivity contribution in [3.8, 4) is 0 Å². The molecule has 1 fully saturated rings. The molecule has 1 unspecified atom stereocenters.